The molecule has 0 aliphatic rings. The highest BCUT2D eigenvalue weighted by Crippen LogP contribution is 2.06. The van der Waals surface area contributed by atoms with Crippen molar-refractivity contribution in [2.45, 2.75) is 53.4 Å². The van der Waals surface area contributed by atoms with Crippen molar-refractivity contribution in [3.63, 3.8) is 0 Å². The summed E-state index contributed by atoms with van der Waals surface area (Å²) in [6.07, 6.45) is 8.84. The van der Waals surface area contributed by atoms with Gasteiger partial charge in [-0.3, -0.25) is 4.99 Å². The molecule has 0 fully saturated rings. The lowest BCUT2D eigenvalue weighted by atomic mass is 10.1. The molecule has 1 atom stereocenters. The third-order valence-corrected chi connectivity index (χ3v) is 2.25. The molecular formula is C12H23N. The molecule has 1 heteroatoms. The normalized spacial score (nSPS) is 15.2. The summed E-state index contributed by atoms with van der Waals surface area (Å²) in [5, 5.41) is 0. The van der Waals surface area contributed by atoms with Gasteiger partial charge in [0.15, 0.2) is 0 Å². The lowest BCUT2D eigenvalue weighted by Gasteiger charge is -2.01. The minimum atomic E-state index is 0.790. The highest BCUT2D eigenvalue weighted by molar-refractivity contribution is 5.82. The van der Waals surface area contributed by atoms with E-state index < -0.39 is 0 Å². The maximum atomic E-state index is 4.36. The molecule has 0 aromatic heterocycles. The standard InChI is InChI=1S/C12H23N/c1-5-8-12(4)13-10-7-9-11(3)6-2/h7,10-11H,5-6,8-9H2,1-4H3/b10-7-,13-12-/t11-/m1/s1. The summed E-state index contributed by atoms with van der Waals surface area (Å²) in [4.78, 5) is 4.36. The van der Waals surface area contributed by atoms with Gasteiger partial charge in [-0.2, -0.15) is 0 Å². The van der Waals surface area contributed by atoms with Crippen LogP contribution in [0.4, 0.5) is 0 Å². The molecule has 0 saturated heterocycles. The van der Waals surface area contributed by atoms with Crippen molar-refractivity contribution in [1.29, 1.82) is 0 Å². The smallest absolute Gasteiger partial charge is 0.0227 e. The fraction of sp³-hybridized carbons (Fsp3) is 0.750. The van der Waals surface area contributed by atoms with Crippen LogP contribution in [-0.4, -0.2) is 5.71 Å². The van der Waals surface area contributed by atoms with E-state index in [4.69, 9.17) is 0 Å². The molecule has 1 nitrogen and oxygen atoms in total. The molecule has 13 heavy (non-hydrogen) atoms. The summed E-state index contributed by atoms with van der Waals surface area (Å²) in [5.74, 6) is 0.790. The van der Waals surface area contributed by atoms with E-state index in [0.29, 0.717) is 0 Å². The Hall–Kier alpha value is -0.590. The van der Waals surface area contributed by atoms with Gasteiger partial charge in [0, 0.05) is 11.9 Å². The minimum absolute atomic E-state index is 0.790. The number of hydrogen-bond acceptors (Lipinski definition) is 1. The fourth-order valence-electron chi connectivity index (χ4n) is 1.07. The molecule has 0 radical (unpaired) electrons. The lowest BCUT2D eigenvalue weighted by molar-refractivity contribution is 0.571. The summed E-state index contributed by atoms with van der Waals surface area (Å²) >= 11 is 0. The summed E-state index contributed by atoms with van der Waals surface area (Å²) < 4.78 is 0. The van der Waals surface area contributed by atoms with E-state index in [1.54, 1.807) is 0 Å². The fourth-order valence-corrected chi connectivity index (χ4v) is 1.07. The summed E-state index contributed by atoms with van der Waals surface area (Å²) in [6, 6.07) is 0. The van der Waals surface area contributed by atoms with Crippen LogP contribution in [-0.2, 0) is 0 Å². The van der Waals surface area contributed by atoms with Crippen molar-refractivity contribution < 1.29 is 0 Å². The Morgan fingerprint density at radius 2 is 2.08 bits per heavy atom. The Bertz CT molecular complexity index is 168. The summed E-state index contributed by atoms with van der Waals surface area (Å²) in [7, 11) is 0. The van der Waals surface area contributed by atoms with Gasteiger partial charge < -0.3 is 0 Å². The van der Waals surface area contributed by atoms with E-state index in [-0.39, 0.29) is 0 Å². The van der Waals surface area contributed by atoms with Crippen LogP contribution in [0.1, 0.15) is 53.4 Å². The van der Waals surface area contributed by atoms with Gasteiger partial charge in [-0.1, -0.05) is 39.7 Å². The van der Waals surface area contributed by atoms with Crippen molar-refractivity contribution >= 4 is 5.71 Å². The van der Waals surface area contributed by atoms with Crippen molar-refractivity contribution in [2.75, 3.05) is 0 Å². The van der Waals surface area contributed by atoms with E-state index in [1.165, 1.54) is 18.6 Å². The van der Waals surface area contributed by atoms with Crippen LogP contribution in [0.25, 0.3) is 0 Å². The molecule has 0 aliphatic carbocycles. The van der Waals surface area contributed by atoms with Gasteiger partial charge in [-0.05, 0) is 25.7 Å². The Kier molecular flexibility index (Phi) is 7.66. The molecule has 0 N–H and O–H groups in total. The van der Waals surface area contributed by atoms with E-state index in [9.17, 15) is 0 Å². The van der Waals surface area contributed by atoms with Crippen LogP contribution in [0.3, 0.4) is 0 Å². The molecule has 0 saturated carbocycles. The maximum Gasteiger partial charge on any atom is 0.0227 e. The van der Waals surface area contributed by atoms with Gasteiger partial charge >= 0.3 is 0 Å². The second-order valence-electron chi connectivity index (χ2n) is 3.75. The van der Waals surface area contributed by atoms with Crippen LogP contribution in [0, 0.1) is 5.92 Å². The second-order valence-corrected chi connectivity index (χ2v) is 3.75. The van der Waals surface area contributed by atoms with Crippen molar-refractivity contribution in [3.05, 3.63) is 12.3 Å². The molecular weight excluding hydrogens is 158 g/mol. The first-order valence-electron chi connectivity index (χ1n) is 5.39. The Morgan fingerprint density at radius 3 is 2.62 bits per heavy atom. The summed E-state index contributed by atoms with van der Waals surface area (Å²) in [5.41, 5.74) is 1.24. The third kappa shape index (κ3) is 7.76. The molecule has 0 heterocycles. The largest absolute Gasteiger partial charge is 0.266 e. The average Bonchev–Trinajstić information content (AvgIpc) is 2.12. The molecule has 76 valence electrons. The number of aliphatic imine (C=N–C) groups is 1. The van der Waals surface area contributed by atoms with Gasteiger partial charge in [-0.15, -0.1) is 0 Å². The molecule has 0 bridgehead atoms. The van der Waals surface area contributed by atoms with Gasteiger partial charge in [0.25, 0.3) is 0 Å². The first-order valence-corrected chi connectivity index (χ1v) is 5.39. The molecule has 0 aromatic carbocycles. The molecule has 0 unspecified atom stereocenters. The first-order chi connectivity index (χ1) is 6.20. The van der Waals surface area contributed by atoms with Crippen LogP contribution in [0.15, 0.2) is 17.3 Å². The number of rotatable bonds is 6. The van der Waals surface area contributed by atoms with Crippen LogP contribution < -0.4 is 0 Å². The topological polar surface area (TPSA) is 12.4 Å². The maximum absolute atomic E-state index is 4.36. The highest BCUT2D eigenvalue weighted by Gasteiger charge is 1.92. The zero-order valence-corrected chi connectivity index (χ0v) is 9.51. The predicted octanol–water partition coefficient (Wildman–Crippen LogP) is 4.20. The average molecular weight is 181 g/mol. The Morgan fingerprint density at radius 1 is 1.38 bits per heavy atom. The quantitative estimate of drug-likeness (QED) is 0.545. The van der Waals surface area contributed by atoms with Gasteiger partial charge in [0.2, 0.25) is 0 Å². The van der Waals surface area contributed by atoms with Crippen molar-refractivity contribution in [3.8, 4) is 0 Å². The Labute approximate surface area is 83.0 Å². The highest BCUT2D eigenvalue weighted by atomic mass is 14.7. The van der Waals surface area contributed by atoms with Crippen LogP contribution >= 0.6 is 0 Å². The molecule has 0 amide bonds. The van der Waals surface area contributed by atoms with Gasteiger partial charge in [0.05, 0.1) is 0 Å². The summed E-state index contributed by atoms with van der Waals surface area (Å²) in [6.45, 7) is 8.77. The number of hydrogen-bond donors (Lipinski definition) is 0. The lowest BCUT2D eigenvalue weighted by Crippen LogP contribution is -1.89. The van der Waals surface area contributed by atoms with Gasteiger partial charge in [-0.25, -0.2) is 0 Å². The van der Waals surface area contributed by atoms with Crippen molar-refractivity contribution in [2.24, 2.45) is 10.9 Å². The number of allylic oxidation sites excluding steroid dienone is 1. The zero-order chi connectivity index (χ0) is 10.1. The predicted molar refractivity (Wildman–Crippen MR) is 61.2 cm³/mol. The SMILES string of the molecule is CCC/C(C)=N\C=C/C[C@H](C)CC. The van der Waals surface area contributed by atoms with Crippen LogP contribution in [0.5, 0.6) is 0 Å². The molecule has 0 spiro atoms. The van der Waals surface area contributed by atoms with Gasteiger partial charge in [0.1, 0.15) is 0 Å². The second kappa shape index (κ2) is 8.03. The van der Waals surface area contributed by atoms with E-state index >= 15 is 0 Å². The monoisotopic (exact) mass is 181 g/mol. The first kappa shape index (κ1) is 12.4. The third-order valence-electron chi connectivity index (χ3n) is 2.25. The molecule has 0 aliphatic heterocycles. The molecule has 0 aromatic rings. The Balaban J connectivity index is 3.66. The van der Waals surface area contributed by atoms with E-state index in [2.05, 4.69) is 38.8 Å². The van der Waals surface area contributed by atoms with Crippen LogP contribution in [0.2, 0.25) is 0 Å². The zero-order valence-electron chi connectivity index (χ0n) is 9.51. The van der Waals surface area contributed by atoms with E-state index in [1.807, 2.05) is 6.20 Å². The van der Waals surface area contributed by atoms with Crippen molar-refractivity contribution in [1.82, 2.24) is 0 Å². The van der Waals surface area contributed by atoms with E-state index in [0.717, 1.165) is 18.8 Å². The number of nitrogens with zero attached hydrogens (tertiary/aromatic N) is 1. The molecule has 0 rings (SSSR count). The minimum Gasteiger partial charge on any atom is -0.266 e.